The van der Waals surface area contributed by atoms with Crippen LogP contribution in [-0.4, -0.2) is 12.1 Å². The van der Waals surface area contributed by atoms with Crippen molar-refractivity contribution in [3.05, 3.63) is 33.8 Å². The molecule has 1 N–H and O–H groups in total. The Balaban J connectivity index is 1.99. The Morgan fingerprint density at radius 1 is 1.50 bits per heavy atom. The third-order valence-electron chi connectivity index (χ3n) is 3.73. The molecule has 2 unspecified atom stereocenters. The van der Waals surface area contributed by atoms with Crippen LogP contribution in [0, 0.1) is 12.3 Å². The molecule has 2 rings (SSSR count). The van der Waals surface area contributed by atoms with Gasteiger partial charge in [0.15, 0.2) is 0 Å². The summed E-state index contributed by atoms with van der Waals surface area (Å²) in [7, 11) is 0. The van der Waals surface area contributed by atoms with Gasteiger partial charge in [-0.25, -0.2) is 0 Å². The third kappa shape index (κ3) is 3.37. The Hall–Kier alpha value is -0.780. The fourth-order valence-electron chi connectivity index (χ4n) is 2.66. The van der Waals surface area contributed by atoms with Crippen LogP contribution in [0.1, 0.15) is 37.3 Å². The van der Waals surface area contributed by atoms with E-state index in [-0.39, 0.29) is 0 Å². The number of hydrogen-bond acceptors (Lipinski definition) is 1. The fraction of sp³-hybridized carbons (Fsp3) is 0.500. The lowest BCUT2D eigenvalue weighted by Gasteiger charge is -2.29. The zero-order valence-corrected chi connectivity index (χ0v) is 12.5. The van der Waals surface area contributed by atoms with Gasteiger partial charge in [-0.2, -0.15) is 0 Å². The Bertz CT molecular complexity index is 447. The number of rotatable bonds is 4. The maximum Gasteiger partial charge on any atom is 0.0240 e. The summed E-state index contributed by atoms with van der Waals surface area (Å²) in [6.07, 6.45) is 10.9. The molecule has 1 nitrogen and oxygen atoms in total. The number of nitrogens with one attached hydrogen (secondary N) is 1. The standard InChI is InChI=1S/C16H20BrN/c1-3-5-15(4-2)18-16-9-7-12-10-14(17)8-6-13(12)11-16/h1,6,8,10,15-16,18H,4-5,7,9,11H2,2H3. The largest absolute Gasteiger partial charge is 0.310 e. The first-order chi connectivity index (χ1) is 8.72. The molecule has 2 atom stereocenters. The van der Waals surface area contributed by atoms with Gasteiger partial charge < -0.3 is 5.32 Å². The van der Waals surface area contributed by atoms with Gasteiger partial charge in [0, 0.05) is 23.0 Å². The summed E-state index contributed by atoms with van der Waals surface area (Å²) in [5, 5.41) is 3.71. The molecule has 0 bridgehead atoms. The number of fused-ring (bicyclic) bond motifs is 1. The normalized spacial score (nSPS) is 19.9. The summed E-state index contributed by atoms with van der Waals surface area (Å²) < 4.78 is 1.19. The van der Waals surface area contributed by atoms with E-state index in [9.17, 15) is 0 Å². The monoisotopic (exact) mass is 305 g/mol. The number of halogens is 1. The van der Waals surface area contributed by atoms with Crippen molar-refractivity contribution < 1.29 is 0 Å². The van der Waals surface area contributed by atoms with E-state index in [1.807, 2.05) is 0 Å². The smallest absolute Gasteiger partial charge is 0.0240 e. The van der Waals surface area contributed by atoms with Gasteiger partial charge in [-0.15, -0.1) is 12.3 Å². The molecule has 1 aliphatic carbocycles. The van der Waals surface area contributed by atoms with Gasteiger partial charge >= 0.3 is 0 Å². The molecule has 0 spiro atoms. The zero-order chi connectivity index (χ0) is 13.0. The average Bonchev–Trinajstić information content (AvgIpc) is 2.38. The molecule has 0 heterocycles. The lowest BCUT2D eigenvalue weighted by Crippen LogP contribution is -2.41. The number of benzene rings is 1. The number of hydrogen-bond donors (Lipinski definition) is 1. The minimum Gasteiger partial charge on any atom is -0.310 e. The summed E-state index contributed by atoms with van der Waals surface area (Å²) in [6, 6.07) is 7.69. The van der Waals surface area contributed by atoms with Crippen molar-refractivity contribution in [2.24, 2.45) is 0 Å². The first-order valence-corrected chi connectivity index (χ1v) is 7.49. The molecule has 1 aromatic rings. The van der Waals surface area contributed by atoms with E-state index in [0.717, 1.165) is 19.3 Å². The Kier molecular flexibility index (Phi) is 4.86. The Morgan fingerprint density at radius 2 is 2.33 bits per heavy atom. The second-order valence-electron chi connectivity index (χ2n) is 5.03. The minimum absolute atomic E-state index is 0.469. The van der Waals surface area contributed by atoms with Gasteiger partial charge in [-0.3, -0.25) is 0 Å². The molecule has 2 heteroatoms. The van der Waals surface area contributed by atoms with Gasteiger partial charge in [0.2, 0.25) is 0 Å². The Morgan fingerprint density at radius 3 is 3.06 bits per heavy atom. The quantitative estimate of drug-likeness (QED) is 0.837. The lowest BCUT2D eigenvalue weighted by molar-refractivity contribution is 0.388. The molecule has 0 radical (unpaired) electrons. The molecule has 0 aliphatic heterocycles. The van der Waals surface area contributed by atoms with Crippen LogP contribution in [0.2, 0.25) is 0 Å². The second-order valence-corrected chi connectivity index (χ2v) is 5.95. The van der Waals surface area contributed by atoms with Gasteiger partial charge in [0.05, 0.1) is 0 Å². The molecule has 18 heavy (non-hydrogen) atoms. The minimum atomic E-state index is 0.469. The molecular formula is C16H20BrN. The topological polar surface area (TPSA) is 12.0 Å². The molecule has 0 saturated carbocycles. The third-order valence-corrected chi connectivity index (χ3v) is 4.22. The maximum atomic E-state index is 5.41. The summed E-state index contributed by atoms with van der Waals surface area (Å²) in [5.41, 5.74) is 2.98. The van der Waals surface area contributed by atoms with Gasteiger partial charge in [-0.1, -0.05) is 28.9 Å². The lowest BCUT2D eigenvalue weighted by atomic mass is 9.88. The summed E-state index contributed by atoms with van der Waals surface area (Å²) >= 11 is 3.54. The summed E-state index contributed by atoms with van der Waals surface area (Å²) in [5.74, 6) is 2.77. The van der Waals surface area contributed by atoms with Crippen LogP contribution in [0.4, 0.5) is 0 Å². The molecular weight excluding hydrogens is 286 g/mol. The van der Waals surface area contributed by atoms with E-state index in [1.54, 1.807) is 0 Å². The highest BCUT2D eigenvalue weighted by atomic mass is 79.9. The van der Waals surface area contributed by atoms with Crippen LogP contribution >= 0.6 is 15.9 Å². The van der Waals surface area contributed by atoms with Gasteiger partial charge in [-0.05, 0) is 48.9 Å². The predicted molar refractivity (Wildman–Crippen MR) is 80.6 cm³/mol. The van der Waals surface area contributed by atoms with Crippen molar-refractivity contribution in [3.8, 4) is 12.3 Å². The Labute approximate surface area is 118 Å². The first kappa shape index (κ1) is 13.6. The van der Waals surface area contributed by atoms with Crippen LogP contribution in [0.3, 0.4) is 0 Å². The maximum absolute atomic E-state index is 5.41. The van der Waals surface area contributed by atoms with Gasteiger partial charge in [0.1, 0.15) is 0 Å². The second kappa shape index (κ2) is 6.41. The van der Waals surface area contributed by atoms with Crippen LogP contribution in [0.5, 0.6) is 0 Å². The SMILES string of the molecule is C#CCC(CC)NC1CCc2cc(Br)ccc2C1. The highest BCUT2D eigenvalue weighted by Crippen LogP contribution is 2.25. The van der Waals surface area contributed by atoms with Crippen molar-refractivity contribution in [1.29, 1.82) is 0 Å². The van der Waals surface area contributed by atoms with E-state index in [2.05, 4.69) is 52.3 Å². The molecule has 1 aliphatic rings. The van der Waals surface area contributed by atoms with Crippen molar-refractivity contribution >= 4 is 15.9 Å². The summed E-state index contributed by atoms with van der Waals surface area (Å²) in [6.45, 7) is 2.20. The van der Waals surface area contributed by atoms with Crippen molar-refractivity contribution in [3.63, 3.8) is 0 Å². The van der Waals surface area contributed by atoms with E-state index < -0.39 is 0 Å². The van der Waals surface area contributed by atoms with Crippen molar-refractivity contribution in [2.75, 3.05) is 0 Å². The molecule has 0 saturated heterocycles. The molecule has 0 aromatic heterocycles. The van der Waals surface area contributed by atoms with Crippen molar-refractivity contribution in [2.45, 2.75) is 51.1 Å². The molecule has 96 valence electrons. The predicted octanol–water partition coefficient (Wildman–Crippen LogP) is 3.70. The molecule has 1 aromatic carbocycles. The van der Waals surface area contributed by atoms with E-state index in [0.29, 0.717) is 12.1 Å². The zero-order valence-electron chi connectivity index (χ0n) is 10.9. The first-order valence-electron chi connectivity index (χ1n) is 6.69. The highest BCUT2D eigenvalue weighted by Gasteiger charge is 2.20. The highest BCUT2D eigenvalue weighted by molar-refractivity contribution is 9.10. The van der Waals surface area contributed by atoms with Crippen LogP contribution < -0.4 is 5.32 Å². The summed E-state index contributed by atoms with van der Waals surface area (Å²) in [4.78, 5) is 0. The van der Waals surface area contributed by atoms with Gasteiger partial charge in [0.25, 0.3) is 0 Å². The van der Waals surface area contributed by atoms with E-state index >= 15 is 0 Å². The van der Waals surface area contributed by atoms with Crippen LogP contribution in [-0.2, 0) is 12.8 Å². The molecule has 0 fully saturated rings. The average molecular weight is 306 g/mol. The number of aryl methyl sites for hydroxylation is 1. The van der Waals surface area contributed by atoms with Crippen molar-refractivity contribution in [1.82, 2.24) is 5.32 Å². The van der Waals surface area contributed by atoms with E-state index in [4.69, 9.17) is 6.42 Å². The fourth-order valence-corrected chi connectivity index (χ4v) is 3.07. The molecule has 0 amide bonds. The van der Waals surface area contributed by atoms with Crippen LogP contribution in [0.15, 0.2) is 22.7 Å². The van der Waals surface area contributed by atoms with Crippen LogP contribution in [0.25, 0.3) is 0 Å². The number of terminal acetylenes is 1. The van der Waals surface area contributed by atoms with E-state index in [1.165, 1.54) is 28.4 Å².